The molecule has 0 amide bonds. The zero-order chi connectivity index (χ0) is 20.3. The van der Waals surface area contributed by atoms with Crippen molar-refractivity contribution >= 4 is 44.5 Å². The maximum Gasteiger partial charge on any atom is 0.306 e. The molecule has 0 fully saturated rings. The van der Waals surface area contributed by atoms with Crippen LogP contribution in [0.15, 0.2) is 50.1 Å². The molecule has 3 rings (SSSR count). The summed E-state index contributed by atoms with van der Waals surface area (Å²) in [4.78, 5) is 23.2. The first-order valence-corrected chi connectivity index (χ1v) is 9.61. The number of fused-ring (bicyclic) bond motifs is 1. The summed E-state index contributed by atoms with van der Waals surface area (Å²) in [5, 5.41) is 9.49. The average molecular weight is 468 g/mol. The van der Waals surface area contributed by atoms with E-state index in [-0.39, 0.29) is 29.8 Å². The Hall–Kier alpha value is -2.51. The molecule has 2 aromatic carbocycles. The molecule has 1 N–H and O–H groups in total. The highest BCUT2D eigenvalue weighted by Crippen LogP contribution is 2.39. The smallest absolute Gasteiger partial charge is 0.306 e. The van der Waals surface area contributed by atoms with E-state index in [2.05, 4.69) is 15.9 Å². The van der Waals surface area contributed by atoms with Crippen LogP contribution in [-0.4, -0.2) is 24.3 Å². The lowest BCUT2D eigenvalue weighted by molar-refractivity contribution is -0.137. The van der Waals surface area contributed by atoms with Crippen LogP contribution in [0.1, 0.15) is 13.3 Å². The van der Waals surface area contributed by atoms with Gasteiger partial charge in [-0.25, -0.2) is 0 Å². The lowest BCUT2D eigenvalue weighted by Crippen LogP contribution is -2.06. The van der Waals surface area contributed by atoms with Gasteiger partial charge in [0.15, 0.2) is 11.0 Å². The summed E-state index contributed by atoms with van der Waals surface area (Å²) in [6.45, 7) is 2.23. The Morgan fingerprint density at radius 1 is 1.21 bits per heavy atom. The number of benzene rings is 2. The first-order valence-electron chi connectivity index (χ1n) is 8.44. The summed E-state index contributed by atoms with van der Waals surface area (Å²) >= 11 is 9.58. The highest BCUT2D eigenvalue weighted by molar-refractivity contribution is 9.10. The number of carboxylic acid groups (broad SMARTS) is 1. The summed E-state index contributed by atoms with van der Waals surface area (Å²) < 4.78 is 17.7. The molecule has 6 nitrogen and oxygen atoms in total. The maximum absolute atomic E-state index is 12.5. The van der Waals surface area contributed by atoms with Crippen LogP contribution >= 0.6 is 27.5 Å². The lowest BCUT2D eigenvalue weighted by Gasteiger charge is -2.14. The molecule has 0 unspecified atom stereocenters. The van der Waals surface area contributed by atoms with Crippen LogP contribution < -0.4 is 14.9 Å². The van der Waals surface area contributed by atoms with E-state index >= 15 is 0 Å². The van der Waals surface area contributed by atoms with Crippen molar-refractivity contribution in [1.82, 2.24) is 0 Å². The zero-order valence-corrected chi connectivity index (χ0v) is 17.2. The van der Waals surface area contributed by atoms with Crippen molar-refractivity contribution in [1.29, 1.82) is 0 Å². The van der Waals surface area contributed by atoms with Crippen LogP contribution in [0.25, 0.3) is 22.3 Å². The van der Waals surface area contributed by atoms with E-state index in [1.54, 1.807) is 30.3 Å². The number of ether oxygens (including phenoxy) is 2. The Kier molecular flexibility index (Phi) is 6.26. The number of carbonyl (C=O) groups is 1. The number of carboxylic acids is 1. The molecule has 28 heavy (non-hydrogen) atoms. The van der Waals surface area contributed by atoms with E-state index in [0.717, 1.165) is 0 Å². The van der Waals surface area contributed by atoms with Gasteiger partial charge < -0.3 is 19.0 Å². The van der Waals surface area contributed by atoms with Crippen LogP contribution in [-0.2, 0) is 4.79 Å². The lowest BCUT2D eigenvalue weighted by atomic mass is 10.1. The maximum atomic E-state index is 12.5. The molecular weight excluding hydrogens is 452 g/mol. The van der Waals surface area contributed by atoms with Gasteiger partial charge in [0.1, 0.15) is 17.3 Å². The van der Waals surface area contributed by atoms with Crippen LogP contribution in [0.4, 0.5) is 0 Å². The molecule has 8 heteroatoms. The Morgan fingerprint density at radius 2 is 2.00 bits per heavy atom. The van der Waals surface area contributed by atoms with Gasteiger partial charge in [-0.3, -0.25) is 9.59 Å². The summed E-state index contributed by atoms with van der Waals surface area (Å²) in [5.41, 5.74) is 0.539. The predicted octanol–water partition coefficient (Wildman–Crippen LogP) is 5.13. The molecule has 0 saturated carbocycles. The fourth-order valence-electron chi connectivity index (χ4n) is 2.64. The standard InChI is InChI=1S/C20H16BrClO6/c1-2-26-16-9-13(21)18(27-7-6-19(24)25)8-12(16)17-10-15(23)11-4-3-5-14(22)20(11)28-17/h3-5,8-10H,2,6-7H2,1H3,(H,24,25). The molecule has 0 atom stereocenters. The Labute approximate surface area is 173 Å². The molecule has 0 bridgehead atoms. The number of halogens is 2. The van der Waals surface area contributed by atoms with Crippen LogP contribution in [0.2, 0.25) is 5.02 Å². The number of hydrogen-bond acceptors (Lipinski definition) is 5. The van der Waals surface area contributed by atoms with Gasteiger partial charge in [-0.1, -0.05) is 17.7 Å². The first-order chi connectivity index (χ1) is 13.4. The summed E-state index contributed by atoms with van der Waals surface area (Å²) in [5.74, 6) is 0.193. The van der Waals surface area contributed by atoms with Crippen LogP contribution in [0.5, 0.6) is 11.5 Å². The van der Waals surface area contributed by atoms with Gasteiger partial charge >= 0.3 is 5.97 Å². The van der Waals surface area contributed by atoms with Gasteiger partial charge in [0.05, 0.1) is 40.1 Å². The summed E-state index contributed by atoms with van der Waals surface area (Å²) in [6.07, 6.45) is -0.143. The van der Waals surface area contributed by atoms with Gasteiger partial charge in [-0.2, -0.15) is 0 Å². The number of hydrogen-bond donors (Lipinski definition) is 1. The predicted molar refractivity (Wildman–Crippen MR) is 110 cm³/mol. The SMILES string of the molecule is CCOc1cc(Br)c(OCCC(=O)O)cc1-c1cc(=O)c2cccc(Cl)c2o1. The molecule has 1 aromatic heterocycles. The second-order valence-corrected chi connectivity index (χ2v) is 7.06. The molecule has 3 aromatic rings. The van der Waals surface area contributed by atoms with Crippen LogP contribution in [0, 0.1) is 0 Å². The van der Waals surface area contributed by atoms with Crippen molar-refractivity contribution in [2.75, 3.05) is 13.2 Å². The summed E-state index contributed by atoms with van der Waals surface area (Å²) in [7, 11) is 0. The normalized spacial score (nSPS) is 10.8. The topological polar surface area (TPSA) is 86.0 Å². The molecule has 0 aliphatic rings. The number of rotatable bonds is 7. The minimum absolute atomic E-state index is 0.00511. The minimum atomic E-state index is -0.961. The van der Waals surface area contributed by atoms with Crippen molar-refractivity contribution in [2.24, 2.45) is 0 Å². The highest BCUT2D eigenvalue weighted by atomic mass is 79.9. The van der Waals surface area contributed by atoms with Gasteiger partial charge in [0.25, 0.3) is 0 Å². The van der Waals surface area contributed by atoms with Crippen molar-refractivity contribution < 1.29 is 23.8 Å². The monoisotopic (exact) mass is 466 g/mol. The third-order valence-electron chi connectivity index (χ3n) is 3.88. The Bertz CT molecular complexity index is 1090. The molecule has 0 saturated heterocycles. The second kappa shape index (κ2) is 8.67. The Morgan fingerprint density at radius 3 is 2.71 bits per heavy atom. The van der Waals surface area contributed by atoms with Crippen molar-refractivity contribution in [3.8, 4) is 22.8 Å². The largest absolute Gasteiger partial charge is 0.493 e. The molecule has 1 heterocycles. The third-order valence-corrected chi connectivity index (χ3v) is 4.80. The van der Waals surface area contributed by atoms with E-state index in [4.69, 9.17) is 30.6 Å². The van der Waals surface area contributed by atoms with E-state index in [1.165, 1.54) is 6.07 Å². The van der Waals surface area contributed by atoms with Gasteiger partial charge in [0, 0.05) is 6.07 Å². The van der Waals surface area contributed by atoms with Crippen molar-refractivity contribution in [3.05, 3.63) is 56.1 Å². The molecule has 146 valence electrons. The van der Waals surface area contributed by atoms with Gasteiger partial charge in [-0.05, 0) is 47.1 Å². The molecule has 0 radical (unpaired) electrons. The summed E-state index contributed by atoms with van der Waals surface area (Å²) in [6, 6.07) is 9.65. The van der Waals surface area contributed by atoms with Crippen LogP contribution in [0.3, 0.4) is 0 Å². The average Bonchev–Trinajstić information content (AvgIpc) is 2.64. The van der Waals surface area contributed by atoms with E-state index in [9.17, 15) is 9.59 Å². The van der Waals surface area contributed by atoms with E-state index in [1.807, 2.05) is 6.92 Å². The Balaban J connectivity index is 2.13. The third kappa shape index (κ3) is 4.31. The fraction of sp³-hybridized carbons (Fsp3) is 0.200. The zero-order valence-electron chi connectivity index (χ0n) is 14.8. The molecular formula is C20H16BrClO6. The van der Waals surface area contributed by atoms with E-state index < -0.39 is 5.97 Å². The first kappa shape index (κ1) is 20.2. The number of para-hydroxylation sites is 1. The quantitative estimate of drug-likeness (QED) is 0.518. The van der Waals surface area contributed by atoms with E-state index in [0.29, 0.717) is 38.6 Å². The second-order valence-electron chi connectivity index (χ2n) is 5.80. The fourth-order valence-corrected chi connectivity index (χ4v) is 3.29. The molecule has 0 aliphatic carbocycles. The van der Waals surface area contributed by atoms with Gasteiger partial charge in [-0.15, -0.1) is 0 Å². The van der Waals surface area contributed by atoms with Crippen molar-refractivity contribution in [2.45, 2.75) is 13.3 Å². The van der Waals surface area contributed by atoms with Crippen molar-refractivity contribution in [3.63, 3.8) is 0 Å². The molecule has 0 aliphatic heterocycles. The van der Waals surface area contributed by atoms with Gasteiger partial charge in [0.2, 0.25) is 0 Å². The molecule has 0 spiro atoms. The number of aliphatic carboxylic acids is 1. The highest BCUT2D eigenvalue weighted by Gasteiger charge is 2.17. The minimum Gasteiger partial charge on any atom is -0.493 e.